The van der Waals surface area contributed by atoms with E-state index >= 15 is 0 Å². The van der Waals surface area contributed by atoms with Crippen LogP contribution in [0.25, 0.3) is 0 Å². The molecule has 5 heteroatoms. The third-order valence-electron chi connectivity index (χ3n) is 1.86. The molecule has 3 nitrogen and oxygen atoms in total. The van der Waals surface area contributed by atoms with Crippen molar-refractivity contribution in [3.8, 4) is 0 Å². The molecule has 1 N–H and O–H groups in total. The van der Waals surface area contributed by atoms with Gasteiger partial charge in [0.25, 0.3) is 0 Å². The Morgan fingerprint density at radius 2 is 2.33 bits per heavy atom. The van der Waals surface area contributed by atoms with Crippen LogP contribution in [-0.2, 0) is 9.53 Å². The first-order valence-electron chi connectivity index (χ1n) is 3.66. The summed E-state index contributed by atoms with van der Waals surface area (Å²) in [5, 5.41) is 3.00. The first-order chi connectivity index (χ1) is 5.24. The molecule has 1 unspecified atom stereocenters. The van der Waals surface area contributed by atoms with Crippen LogP contribution in [0.1, 0.15) is 6.42 Å². The number of carbonyl (C=O) groups is 1. The molecular formula is C7H13ClFNO2. The van der Waals surface area contributed by atoms with Gasteiger partial charge in [-0.3, -0.25) is 0 Å². The standard InChI is InChI=1S/C7H12FNO2.ClH/c1-11-7(10)6(8)2-5-3-9-4-5;/h5-6,9H,2-4H2,1H3;1H. The molecule has 1 aliphatic rings. The van der Waals surface area contributed by atoms with E-state index in [1.54, 1.807) is 0 Å². The second kappa shape index (κ2) is 5.32. The fourth-order valence-electron chi connectivity index (χ4n) is 1.03. The van der Waals surface area contributed by atoms with Crippen molar-refractivity contribution in [3.63, 3.8) is 0 Å². The average Bonchev–Trinajstić information content (AvgIpc) is 1.94. The molecule has 0 aromatic heterocycles. The molecule has 1 saturated heterocycles. The number of alkyl halides is 1. The molecule has 0 aromatic rings. The Balaban J connectivity index is 0.00000121. The van der Waals surface area contributed by atoms with Crippen LogP contribution < -0.4 is 5.32 Å². The summed E-state index contributed by atoms with van der Waals surface area (Å²) in [6.45, 7) is 1.63. The highest BCUT2D eigenvalue weighted by Gasteiger charge is 2.26. The highest BCUT2D eigenvalue weighted by Crippen LogP contribution is 2.14. The van der Waals surface area contributed by atoms with Gasteiger partial charge in [-0.1, -0.05) is 0 Å². The number of hydrogen-bond donors (Lipinski definition) is 1. The third-order valence-corrected chi connectivity index (χ3v) is 1.86. The zero-order valence-electron chi connectivity index (χ0n) is 6.88. The molecule has 1 atom stereocenters. The smallest absolute Gasteiger partial charge is 0.340 e. The van der Waals surface area contributed by atoms with Gasteiger partial charge in [0.05, 0.1) is 7.11 Å². The number of rotatable bonds is 3. The van der Waals surface area contributed by atoms with Gasteiger partial charge in [0, 0.05) is 0 Å². The van der Waals surface area contributed by atoms with Crippen LogP contribution in [0, 0.1) is 5.92 Å². The number of carbonyl (C=O) groups excluding carboxylic acids is 1. The quantitative estimate of drug-likeness (QED) is 0.671. The summed E-state index contributed by atoms with van der Waals surface area (Å²) in [5.74, 6) is -0.444. The molecule has 1 rings (SSSR count). The Morgan fingerprint density at radius 3 is 2.67 bits per heavy atom. The fraction of sp³-hybridized carbons (Fsp3) is 0.857. The third kappa shape index (κ3) is 2.95. The first kappa shape index (κ1) is 11.6. The molecule has 0 bridgehead atoms. The SMILES string of the molecule is COC(=O)C(F)CC1CNC1.Cl. The molecule has 1 heterocycles. The number of ether oxygens (including phenoxy) is 1. The predicted octanol–water partition coefficient (Wildman–Crippen LogP) is 0.529. The van der Waals surface area contributed by atoms with Gasteiger partial charge in [0.15, 0.2) is 6.17 Å². The van der Waals surface area contributed by atoms with E-state index in [9.17, 15) is 9.18 Å². The van der Waals surface area contributed by atoms with E-state index in [-0.39, 0.29) is 12.4 Å². The molecule has 0 saturated carbocycles. The van der Waals surface area contributed by atoms with Gasteiger partial charge in [-0.15, -0.1) is 12.4 Å². The van der Waals surface area contributed by atoms with Gasteiger partial charge in [-0.05, 0) is 25.4 Å². The minimum Gasteiger partial charge on any atom is -0.467 e. The second-order valence-electron chi connectivity index (χ2n) is 2.75. The lowest BCUT2D eigenvalue weighted by molar-refractivity contribution is -0.147. The summed E-state index contributed by atoms with van der Waals surface area (Å²) in [4.78, 5) is 10.6. The van der Waals surface area contributed by atoms with Gasteiger partial charge < -0.3 is 10.1 Å². The van der Waals surface area contributed by atoms with Gasteiger partial charge >= 0.3 is 5.97 Å². The van der Waals surface area contributed by atoms with E-state index < -0.39 is 12.1 Å². The zero-order chi connectivity index (χ0) is 8.27. The number of methoxy groups -OCH3 is 1. The Hall–Kier alpha value is -0.350. The molecule has 0 spiro atoms. The van der Waals surface area contributed by atoms with Gasteiger partial charge in [0.1, 0.15) is 0 Å². The molecule has 72 valence electrons. The van der Waals surface area contributed by atoms with Crippen molar-refractivity contribution in [2.24, 2.45) is 5.92 Å². The molecule has 0 aliphatic carbocycles. The van der Waals surface area contributed by atoms with Crippen molar-refractivity contribution in [2.75, 3.05) is 20.2 Å². The van der Waals surface area contributed by atoms with Crippen molar-refractivity contribution in [1.82, 2.24) is 5.32 Å². The van der Waals surface area contributed by atoms with Crippen LogP contribution >= 0.6 is 12.4 Å². The lowest BCUT2D eigenvalue weighted by Gasteiger charge is -2.27. The number of esters is 1. The van der Waals surface area contributed by atoms with E-state index in [1.165, 1.54) is 7.11 Å². The Kier molecular flexibility index (Phi) is 5.17. The van der Waals surface area contributed by atoms with E-state index in [2.05, 4.69) is 10.1 Å². The maximum atomic E-state index is 12.8. The lowest BCUT2D eigenvalue weighted by atomic mass is 9.97. The van der Waals surface area contributed by atoms with Crippen LogP contribution in [0.15, 0.2) is 0 Å². The van der Waals surface area contributed by atoms with E-state index in [0.29, 0.717) is 12.3 Å². The summed E-state index contributed by atoms with van der Waals surface area (Å²) >= 11 is 0. The maximum Gasteiger partial charge on any atom is 0.340 e. The van der Waals surface area contributed by atoms with Crippen molar-refractivity contribution in [3.05, 3.63) is 0 Å². The lowest BCUT2D eigenvalue weighted by Crippen LogP contribution is -2.44. The van der Waals surface area contributed by atoms with E-state index in [4.69, 9.17) is 0 Å². The normalized spacial score (nSPS) is 18.8. The van der Waals surface area contributed by atoms with Gasteiger partial charge in [-0.2, -0.15) is 0 Å². The summed E-state index contributed by atoms with van der Waals surface area (Å²) < 4.78 is 17.0. The topological polar surface area (TPSA) is 38.3 Å². The molecule has 1 aliphatic heterocycles. The summed E-state index contributed by atoms with van der Waals surface area (Å²) in [5.41, 5.74) is 0. The molecule has 1 fully saturated rings. The van der Waals surface area contributed by atoms with Gasteiger partial charge in [0.2, 0.25) is 0 Å². The van der Waals surface area contributed by atoms with Crippen molar-refractivity contribution >= 4 is 18.4 Å². The fourth-order valence-corrected chi connectivity index (χ4v) is 1.03. The molecule has 0 aromatic carbocycles. The van der Waals surface area contributed by atoms with E-state index in [1.807, 2.05) is 0 Å². The number of hydrogen-bond acceptors (Lipinski definition) is 3. The van der Waals surface area contributed by atoms with Crippen LogP contribution in [0.3, 0.4) is 0 Å². The van der Waals surface area contributed by atoms with Crippen molar-refractivity contribution < 1.29 is 13.9 Å². The molecule has 0 amide bonds. The molecule has 0 radical (unpaired) electrons. The van der Waals surface area contributed by atoms with Crippen LogP contribution in [-0.4, -0.2) is 32.3 Å². The summed E-state index contributed by atoms with van der Waals surface area (Å²) in [6.07, 6.45) is -1.15. The van der Waals surface area contributed by atoms with E-state index in [0.717, 1.165) is 13.1 Å². The minimum absolute atomic E-state index is 0. The second-order valence-corrected chi connectivity index (χ2v) is 2.75. The number of halogens is 2. The van der Waals surface area contributed by atoms with Crippen LogP contribution in [0.2, 0.25) is 0 Å². The average molecular weight is 198 g/mol. The Bertz CT molecular complexity index is 152. The van der Waals surface area contributed by atoms with Crippen LogP contribution in [0.4, 0.5) is 4.39 Å². The zero-order valence-corrected chi connectivity index (χ0v) is 7.70. The Morgan fingerprint density at radius 1 is 1.75 bits per heavy atom. The summed E-state index contributed by atoms with van der Waals surface area (Å²) in [7, 11) is 1.20. The predicted molar refractivity (Wildman–Crippen MR) is 45.1 cm³/mol. The molecule has 12 heavy (non-hydrogen) atoms. The minimum atomic E-state index is -1.44. The Labute approximate surface area is 77.1 Å². The highest BCUT2D eigenvalue weighted by molar-refractivity contribution is 5.85. The van der Waals surface area contributed by atoms with Gasteiger partial charge in [-0.25, -0.2) is 9.18 Å². The molecular weight excluding hydrogens is 185 g/mol. The van der Waals surface area contributed by atoms with Crippen LogP contribution in [0.5, 0.6) is 0 Å². The maximum absolute atomic E-state index is 12.8. The summed E-state index contributed by atoms with van der Waals surface area (Å²) in [6, 6.07) is 0. The highest BCUT2D eigenvalue weighted by atomic mass is 35.5. The largest absolute Gasteiger partial charge is 0.467 e. The van der Waals surface area contributed by atoms with Crippen molar-refractivity contribution in [2.45, 2.75) is 12.6 Å². The monoisotopic (exact) mass is 197 g/mol. The number of nitrogens with one attached hydrogen (secondary N) is 1. The van der Waals surface area contributed by atoms with Crippen molar-refractivity contribution in [1.29, 1.82) is 0 Å². The first-order valence-corrected chi connectivity index (χ1v) is 3.66.